The molecule has 0 bridgehead atoms. The second-order valence-corrected chi connectivity index (χ2v) is 7.89. The van der Waals surface area contributed by atoms with Crippen LogP contribution in [-0.4, -0.2) is 23.2 Å². The molecule has 1 heterocycles. The Morgan fingerprint density at radius 3 is 2.26 bits per heavy atom. The molecule has 0 radical (unpaired) electrons. The fourth-order valence-electron chi connectivity index (χ4n) is 3.78. The Morgan fingerprint density at radius 2 is 1.62 bits per heavy atom. The summed E-state index contributed by atoms with van der Waals surface area (Å²) in [5, 5.41) is 11.1. The van der Waals surface area contributed by atoms with Crippen molar-refractivity contribution in [3.8, 4) is 11.5 Å². The fourth-order valence-corrected chi connectivity index (χ4v) is 3.78. The first-order valence-corrected chi connectivity index (χ1v) is 10.6. The van der Waals surface area contributed by atoms with Crippen molar-refractivity contribution in [1.82, 2.24) is 4.98 Å². The van der Waals surface area contributed by atoms with Crippen LogP contribution in [-0.2, 0) is 4.79 Å². The number of aromatic nitrogens is 1. The number of esters is 1. The highest BCUT2D eigenvalue weighted by atomic mass is 16.5. The lowest BCUT2D eigenvalue weighted by molar-refractivity contribution is -0.128. The Balaban J connectivity index is 1.91. The van der Waals surface area contributed by atoms with Crippen LogP contribution >= 0.6 is 0 Å². The molecule has 0 atom stereocenters. The second kappa shape index (κ2) is 9.23. The summed E-state index contributed by atoms with van der Waals surface area (Å²) in [7, 11) is 1.52. The highest BCUT2D eigenvalue weighted by molar-refractivity contribution is 6.23. The second-order valence-electron chi connectivity index (χ2n) is 7.89. The molecule has 34 heavy (non-hydrogen) atoms. The van der Waals surface area contributed by atoms with E-state index in [1.54, 1.807) is 48.5 Å². The van der Waals surface area contributed by atoms with Crippen molar-refractivity contribution in [2.45, 2.75) is 20.8 Å². The molecule has 4 rings (SSSR count). The Kier molecular flexibility index (Phi) is 6.19. The molecule has 3 aromatic carbocycles. The normalized spacial score (nSPS) is 11.8. The average molecular weight is 457 g/mol. The third kappa shape index (κ3) is 4.41. The zero-order chi connectivity index (χ0) is 24.4. The van der Waals surface area contributed by atoms with Crippen LogP contribution < -0.4 is 15.1 Å². The summed E-state index contributed by atoms with van der Waals surface area (Å²) >= 11 is 0. The van der Waals surface area contributed by atoms with Gasteiger partial charge in [0.2, 0.25) is 0 Å². The number of benzene rings is 3. The summed E-state index contributed by atoms with van der Waals surface area (Å²) in [6, 6.07) is 16.8. The minimum Gasteiger partial charge on any atom is -0.506 e. The van der Waals surface area contributed by atoms with Gasteiger partial charge in [0, 0.05) is 5.56 Å². The van der Waals surface area contributed by atoms with E-state index in [-0.39, 0.29) is 16.8 Å². The van der Waals surface area contributed by atoms with Crippen LogP contribution in [0.4, 0.5) is 0 Å². The monoisotopic (exact) mass is 457 g/mol. The summed E-state index contributed by atoms with van der Waals surface area (Å²) < 4.78 is 16.2. The van der Waals surface area contributed by atoms with Crippen LogP contribution in [0.5, 0.6) is 11.5 Å². The van der Waals surface area contributed by atoms with Crippen molar-refractivity contribution in [3.05, 3.63) is 99.0 Å². The predicted molar refractivity (Wildman–Crippen MR) is 129 cm³/mol. The summed E-state index contributed by atoms with van der Waals surface area (Å²) in [4.78, 5) is 30.6. The first-order chi connectivity index (χ1) is 16.3. The average Bonchev–Trinajstić information content (AvgIpc) is 2.81. The largest absolute Gasteiger partial charge is 0.506 e. The van der Waals surface area contributed by atoms with Gasteiger partial charge in [-0.3, -0.25) is 0 Å². The number of hydrogen-bond donors (Lipinski definition) is 1. The Morgan fingerprint density at radius 1 is 0.971 bits per heavy atom. The topological polar surface area (TPSA) is 98.9 Å². The number of aliphatic hydroxyl groups is 1. The number of hydrogen-bond acceptors (Lipinski definition) is 7. The van der Waals surface area contributed by atoms with E-state index in [0.717, 1.165) is 16.7 Å². The molecule has 0 amide bonds. The predicted octanol–water partition coefficient (Wildman–Crippen LogP) is 5.15. The highest BCUT2D eigenvalue weighted by Gasteiger charge is 2.27. The first-order valence-electron chi connectivity index (χ1n) is 10.6. The number of carbonyl (C=O) groups excluding carboxylic acids is 1. The van der Waals surface area contributed by atoms with Crippen molar-refractivity contribution in [2.75, 3.05) is 7.11 Å². The van der Waals surface area contributed by atoms with Gasteiger partial charge in [0.15, 0.2) is 11.3 Å². The molecule has 0 aliphatic rings. The summed E-state index contributed by atoms with van der Waals surface area (Å²) in [6.45, 7) is 5.58. The highest BCUT2D eigenvalue weighted by Crippen LogP contribution is 2.30. The maximum atomic E-state index is 13.4. The molecule has 1 N–H and O–H groups in total. The third-order valence-corrected chi connectivity index (χ3v) is 5.33. The lowest BCUT2D eigenvalue weighted by Crippen LogP contribution is -2.20. The molecule has 1 aromatic heterocycles. The zero-order valence-corrected chi connectivity index (χ0v) is 19.2. The first kappa shape index (κ1) is 22.8. The van der Waals surface area contributed by atoms with Gasteiger partial charge in [0.05, 0.1) is 7.11 Å². The number of carbonyl (C=O) groups is 1. The van der Waals surface area contributed by atoms with E-state index in [1.807, 2.05) is 32.9 Å². The van der Waals surface area contributed by atoms with Crippen molar-refractivity contribution in [2.24, 2.45) is 0 Å². The number of rotatable bonds is 5. The molecular weight excluding hydrogens is 434 g/mol. The van der Waals surface area contributed by atoms with E-state index < -0.39 is 22.9 Å². The SMILES string of the molecule is COc1ccc(C(O)=C(C(=O)Oc2c(C)cc(C)cc2C)c2nc3ccccc3oc2=O)cc1. The third-order valence-electron chi connectivity index (χ3n) is 5.33. The Bertz CT molecular complexity index is 1460. The van der Waals surface area contributed by atoms with Crippen molar-refractivity contribution >= 4 is 28.4 Å². The van der Waals surface area contributed by atoms with Crippen molar-refractivity contribution in [3.63, 3.8) is 0 Å². The minimum atomic E-state index is -0.932. The van der Waals surface area contributed by atoms with E-state index in [2.05, 4.69) is 4.98 Å². The zero-order valence-electron chi connectivity index (χ0n) is 19.2. The van der Waals surface area contributed by atoms with Crippen LogP contribution in [0, 0.1) is 20.8 Å². The molecule has 7 heteroatoms. The molecule has 0 aliphatic heterocycles. The summed E-state index contributed by atoms with van der Waals surface area (Å²) in [6.07, 6.45) is 0. The molecule has 0 saturated carbocycles. The number of ether oxygens (including phenoxy) is 2. The smallest absolute Gasteiger partial charge is 0.363 e. The van der Waals surface area contributed by atoms with Crippen LogP contribution in [0.15, 0.2) is 69.9 Å². The number of aryl methyl sites for hydroxylation is 3. The van der Waals surface area contributed by atoms with Gasteiger partial charge in [0.1, 0.15) is 28.3 Å². The Labute approximate surface area is 195 Å². The maximum Gasteiger partial charge on any atom is 0.363 e. The lowest BCUT2D eigenvalue weighted by Gasteiger charge is -2.14. The number of fused-ring (bicyclic) bond motifs is 1. The van der Waals surface area contributed by atoms with Crippen LogP contribution in [0.25, 0.3) is 22.4 Å². The minimum absolute atomic E-state index is 0.262. The van der Waals surface area contributed by atoms with E-state index >= 15 is 0 Å². The quantitative estimate of drug-likeness (QED) is 0.191. The fraction of sp³-hybridized carbons (Fsp3) is 0.148. The summed E-state index contributed by atoms with van der Waals surface area (Å²) in [5.74, 6) is -0.487. The standard InChI is InChI=1S/C27H23NO6/c1-15-13-16(2)25(17(3)14-15)34-26(30)22(24(29)18-9-11-19(32-4)12-10-18)23-27(31)33-21-8-6-5-7-20(21)28-23/h5-14,29H,1-4H3. The van der Waals surface area contributed by atoms with Crippen LogP contribution in [0.1, 0.15) is 27.9 Å². The van der Waals surface area contributed by atoms with E-state index in [4.69, 9.17) is 13.9 Å². The molecule has 0 saturated heterocycles. The molecular formula is C27H23NO6. The molecule has 4 aromatic rings. The summed E-state index contributed by atoms with van der Waals surface area (Å²) in [5.41, 5.74) is 1.78. The van der Waals surface area contributed by atoms with Gasteiger partial charge < -0.3 is 19.0 Å². The number of nitrogens with zero attached hydrogens (tertiary/aromatic N) is 1. The van der Waals surface area contributed by atoms with Crippen LogP contribution in [0.3, 0.4) is 0 Å². The van der Waals surface area contributed by atoms with Gasteiger partial charge in [-0.05, 0) is 68.3 Å². The molecule has 7 nitrogen and oxygen atoms in total. The number of para-hydroxylation sites is 2. The van der Waals surface area contributed by atoms with Crippen LogP contribution in [0.2, 0.25) is 0 Å². The Hall–Kier alpha value is -4.39. The maximum absolute atomic E-state index is 13.4. The van der Waals surface area contributed by atoms with Gasteiger partial charge in [-0.15, -0.1) is 0 Å². The van der Waals surface area contributed by atoms with E-state index in [1.165, 1.54) is 7.11 Å². The molecule has 0 aliphatic carbocycles. The van der Waals surface area contributed by atoms with E-state index in [0.29, 0.717) is 17.0 Å². The molecule has 0 unspecified atom stereocenters. The van der Waals surface area contributed by atoms with E-state index in [9.17, 15) is 14.7 Å². The lowest BCUT2D eigenvalue weighted by atomic mass is 10.0. The van der Waals surface area contributed by atoms with Gasteiger partial charge in [-0.1, -0.05) is 29.8 Å². The number of methoxy groups -OCH3 is 1. The van der Waals surface area contributed by atoms with Gasteiger partial charge in [-0.2, -0.15) is 0 Å². The number of aliphatic hydroxyl groups excluding tert-OH is 1. The van der Waals surface area contributed by atoms with Crippen molar-refractivity contribution < 1.29 is 23.8 Å². The van der Waals surface area contributed by atoms with Crippen molar-refractivity contribution in [1.29, 1.82) is 0 Å². The van der Waals surface area contributed by atoms with Gasteiger partial charge >= 0.3 is 11.6 Å². The molecule has 172 valence electrons. The van der Waals surface area contributed by atoms with Gasteiger partial charge in [0.25, 0.3) is 0 Å². The molecule has 0 spiro atoms. The molecule has 0 fully saturated rings. The van der Waals surface area contributed by atoms with Gasteiger partial charge in [-0.25, -0.2) is 14.6 Å².